The molecule has 0 aliphatic heterocycles. The molecule has 0 aromatic heterocycles. The predicted octanol–water partition coefficient (Wildman–Crippen LogP) is 1.50. The second-order valence-corrected chi connectivity index (χ2v) is 4.63. The number of non-ortho nitro benzene ring substituents is 1. The molecular formula is C14H20N2O5. The summed E-state index contributed by atoms with van der Waals surface area (Å²) in [5.41, 5.74) is -0.0263. The molecule has 0 radical (unpaired) electrons. The lowest BCUT2D eigenvalue weighted by Crippen LogP contribution is -2.33. The molecule has 116 valence electrons. The fourth-order valence-electron chi connectivity index (χ4n) is 1.76. The molecule has 1 unspecified atom stereocenters. The average molecular weight is 296 g/mol. The van der Waals surface area contributed by atoms with E-state index in [0.29, 0.717) is 18.7 Å². The van der Waals surface area contributed by atoms with Crippen molar-refractivity contribution in [2.45, 2.75) is 19.8 Å². The summed E-state index contributed by atoms with van der Waals surface area (Å²) in [5, 5.41) is 22.1. The van der Waals surface area contributed by atoms with Crippen molar-refractivity contribution in [2.75, 3.05) is 19.8 Å². The Labute approximate surface area is 123 Å². The van der Waals surface area contributed by atoms with Gasteiger partial charge < -0.3 is 15.2 Å². The van der Waals surface area contributed by atoms with Crippen LogP contribution in [-0.4, -0.2) is 35.7 Å². The maximum atomic E-state index is 11.6. The van der Waals surface area contributed by atoms with Gasteiger partial charge in [-0.25, -0.2) is 0 Å². The molecule has 0 aliphatic rings. The highest BCUT2D eigenvalue weighted by Crippen LogP contribution is 2.17. The smallest absolute Gasteiger partial charge is 0.269 e. The van der Waals surface area contributed by atoms with Gasteiger partial charge in [0.25, 0.3) is 11.6 Å². The number of nitrogens with zero attached hydrogens (tertiary/aromatic N) is 1. The lowest BCUT2D eigenvalue weighted by Gasteiger charge is -2.14. The van der Waals surface area contributed by atoms with Crippen LogP contribution in [0.15, 0.2) is 24.3 Å². The van der Waals surface area contributed by atoms with Gasteiger partial charge in [0.05, 0.1) is 4.92 Å². The lowest BCUT2D eigenvalue weighted by atomic mass is 10.0. The Morgan fingerprint density at radius 3 is 2.62 bits per heavy atom. The average Bonchev–Trinajstić information content (AvgIpc) is 2.49. The maximum absolute atomic E-state index is 11.6. The third-order valence-corrected chi connectivity index (χ3v) is 3.12. The van der Waals surface area contributed by atoms with Gasteiger partial charge in [0, 0.05) is 25.3 Å². The third kappa shape index (κ3) is 6.22. The molecule has 0 saturated carbocycles. The zero-order valence-corrected chi connectivity index (χ0v) is 11.9. The summed E-state index contributed by atoms with van der Waals surface area (Å²) in [6, 6.07) is 5.54. The van der Waals surface area contributed by atoms with Gasteiger partial charge in [0.1, 0.15) is 5.75 Å². The van der Waals surface area contributed by atoms with Gasteiger partial charge in [-0.2, -0.15) is 0 Å². The lowest BCUT2D eigenvalue weighted by molar-refractivity contribution is -0.384. The van der Waals surface area contributed by atoms with E-state index >= 15 is 0 Å². The first-order valence-corrected chi connectivity index (χ1v) is 6.81. The number of ether oxygens (including phenoxy) is 1. The monoisotopic (exact) mass is 296 g/mol. The molecule has 21 heavy (non-hydrogen) atoms. The molecule has 2 N–H and O–H groups in total. The second-order valence-electron chi connectivity index (χ2n) is 4.63. The molecule has 1 atom stereocenters. The summed E-state index contributed by atoms with van der Waals surface area (Å²) in [5.74, 6) is 0.390. The molecule has 1 aromatic carbocycles. The van der Waals surface area contributed by atoms with Gasteiger partial charge in [-0.3, -0.25) is 14.9 Å². The number of carbonyl (C=O) groups excluding carboxylic acids is 1. The summed E-state index contributed by atoms with van der Waals surface area (Å²) < 4.78 is 5.24. The fraction of sp³-hybridized carbons (Fsp3) is 0.500. The number of aliphatic hydroxyl groups excluding tert-OH is 1. The Bertz CT molecular complexity index is 461. The third-order valence-electron chi connectivity index (χ3n) is 3.12. The van der Waals surface area contributed by atoms with E-state index in [4.69, 9.17) is 9.84 Å². The zero-order chi connectivity index (χ0) is 15.7. The van der Waals surface area contributed by atoms with Gasteiger partial charge in [-0.15, -0.1) is 0 Å². The Kier molecular flexibility index (Phi) is 7.17. The molecule has 1 aromatic rings. The molecule has 0 bridgehead atoms. The minimum Gasteiger partial charge on any atom is -0.484 e. The number of nitro benzene ring substituents is 1. The van der Waals surface area contributed by atoms with E-state index < -0.39 is 4.92 Å². The van der Waals surface area contributed by atoms with Crippen LogP contribution in [0.3, 0.4) is 0 Å². The van der Waals surface area contributed by atoms with Crippen LogP contribution < -0.4 is 10.1 Å². The zero-order valence-electron chi connectivity index (χ0n) is 11.9. The number of nitrogens with one attached hydrogen (secondary N) is 1. The molecule has 7 heteroatoms. The van der Waals surface area contributed by atoms with E-state index in [9.17, 15) is 14.9 Å². The van der Waals surface area contributed by atoms with Crippen LogP contribution in [0.25, 0.3) is 0 Å². The first kappa shape index (κ1) is 16.9. The minimum absolute atomic E-state index is 0.0263. The Morgan fingerprint density at radius 1 is 1.43 bits per heavy atom. The minimum atomic E-state index is -0.497. The summed E-state index contributed by atoms with van der Waals surface area (Å²) in [6.45, 7) is 2.46. The summed E-state index contributed by atoms with van der Waals surface area (Å²) in [6.07, 6.45) is 1.53. The van der Waals surface area contributed by atoms with Crippen LogP contribution in [0, 0.1) is 16.0 Å². The summed E-state index contributed by atoms with van der Waals surface area (Å²) in [7, 11) is 0. The van der Waals surface area contributed by atoms with E-state index in [1.54, 1.807) is 0 Å². The topological polar surface area (TPSA) is 102 Å². The van der Waals surface area contributed by atoms with Crippen molar-refractivity contribution in [2.24, 2.45) is 5.92 Å². The Morgan fingerprint density at radius 2 is 2.10 bits per heavy atom. The molecule has 0 aliphatic carbocycles. The number of hydrogen-bond acceptors (Lipinski definition) is 5. The molecule has 1 amide bonds. The van der Waals surface area contributed by atoms with Crippen molar-refractivity contribution in [3.05, 3.63) is 34.4 Å². The van der Waals surface area contributed by atoms with Crippen molar-refractivity contribution in [1.82, 2.24) is 5.32 Å². The first-order valence-electron chi connectivity index (χ1n) is 6.81. The van der Waals surface area contributed by atoms with Gasteiger partial charge in [-0.1, -0.05) is 13.3 Å². The van der Waals surface area contributed by atoms with Crippen LogP contribution in [-0.2, 0) is 4.79 Å². The molecule has 0 saturated heterocycles. The van der Waals surface area contributed by atoms with Gasteiger partial charge in [0.2, 0.25) is 0 Å². The molecule has 0 heterocycles. The normalized spacial score (nSPS) is 11.7. The largest absolute Gasteiger partial charge is 0.484 e. The Balaban J connectivity index is 2.34. The van der Waals surface area contributed by atoms with Gasteiger partial charge in [0.15, 0.2) is 6.61 Å². The number of benzene rings is 1. The molecule has 0 spiro atoms. The molecule has 0 fully saturated rings. The van der Waals surface area contributed by atoms with Crippen molar-refractivity contribution in [3.63, 3.8) is 0 Å². The summed E-state index contributed by atoms with van der Waals surface area (Å²) >= 11 is 0. The molecule has 7 nitrogen and oxygen atoms in total. The maximum Gasteiger partial charge on any atom is 0.269 e. The Hall–Kier alpha value is -2.15. The SMILES string of the molecule is CCC(CCO)CNC(=O)COc1ccc([N+](=O)[O-])cc1. The summed E-state index contributed by atoms with van der Waals surface area (Å²) in [4.78, 5) is 21.6. The van der Waals surface area contributed by atoms with Gasteiger partial charge >= 0.3 is 0 Å². The van der Waals surface area contributed by atoms with Crippen molar-refractivity contribution < 1.29 is 19.6 Å². The number of rotatable bonds is 9. The van der Waals surface area contributed by atoms with E-state index in [0.717, 1.165) is 6.42 Å². The van der Waals surface area contributed by atoms with Crippen molar-refractivity contribution >= 4 is 11.6 Å². The van der Waals surface area contributed by atoms with E-state index in [-0.39, 0.29) is 30.7 Å². The van der Waals surface area contributed by atoms with Crippen LogP contribution in [0.1, 0.15) is 19.8 Å². The highest BCUT2D eigenvalue weighted by Gasteiger charge is 2.09. The quantitative estimate of drug-likeness (QED) is 0.531. The predicted molar refractivity (Wildman–Crippen MR) is 77.1 cm³/mol. The number of nitro groups is 1. The molecule has 1 rings (SSSR count). The van der Waals surface area contributed by atoms with Crippen LogP contribution in [0.4, 0.5) is 5.69 Å². The van der Waals surface area contributed by atoms with E-state index in [2.05, 4.69) is 5.32 Å². The van der Waals surface area contributed by atoms with Gasteiger partial charge in [-0.05, 0) is 24.5 Å². The van der Waals surface area contributed by atoms with E-state index in [1.807, 2.05) is 6.92 Å². The number of amides is 1. The number of carbonyl (C=O) groups is 1. The van der Waals surface area contributed by atoms with Crippen molar-refractivity contribution in [1.29, 1.82) is 0 Å². The highest BCUT2D eigenvalue weighted by molar-refractivity contribution is 5.77. The van der Waals surface area contributed by atoms with E-state index in [1.165, 1.54) is 24.3 Å². The fourth-order valence-corrected chi connectivity index (χ4v) is 1.76. The standard InChI is InChI=1S/C14H20N2O5/c1-2-11(7-8-17)9-15-14(18)10-21-13-5-3-12(4-6-13)16(19)20/h3-6,11,17H,2,7-10H2,1H3,(H,15,18). The number of aliphatic hydroxyl groups is 1. The van der Waals surface area contributed by atoms with Crippen LogP contribution >= 0.6 is 0 Å². The highest BCUT2D eigenvalue weighted by atomic mass is 16.6. The second kappa shape index (κ2) is 8.91. The van der Waals surface area contributed by atoms with Crippen molar-refractivity contribution in [3.8, 4) is 5.75 Å². The van der Waals surface area contributed by atoms with Crippen LogP contribution in [0.2, 0.25) is 0 Å². The van der Waals surface area contributed by atoms with Crippen LogP contribution in [0.5, 0.6) is 5.75 Å². The molecular weight excluding hydrogens is 276 g/mol. The first-order chi connectivity index (χ1) is 10.1. The number of hydrogen-bond donors (Lipinski definition) is 2.